The van der Waals surface area contributed by atoms with E-state index >= 15 is 0 Å². The molecule has 1 heterocycles. The van der Waals surface area contributed by atoms with Gasteiger partial charge < -0.3 is 11.1 Å². The minimum atomic E-state index is 0.490. The Bertz CT molecular complexity index is 596. The molecule has 0 aliphatic carbocycles. The molecule has 0 saturated carbocycles. The molecule has 0 fully saturated rings. The van der Waals surface area contributed by atoms with Crippen molar-refractivity contribution in [3.05, 3.63) is 40.2 Å². The predicted molar refractivity (Wildman–Crippen MR) is 75.4 cm³/mol. The summed E-state index contributed by atoms with van der Waals surface area (Å²) in [6, 6.07) is 5.70. The first-order valence-electron chi connectivity index (χ1n) is 5.62. The van der Waals surface area contributed by atoms with Crippen LogP contribution < -0.4 is 11.1 Å². The number of rotatable bonds is 2. The molecule has 5 heteroatoms. The van der Waals surface area contributed by atoms with Crippen molar-refractivity contribution >= 4 is 28.9 Å². The van der Waals surface area contributed by atoms with Crippen molar-refractivity contribution in [3.8, 4) is 0 Å². The van der Waals surface area contributed by atoms with Crippen LogP contribution in [0.3, 0.4) is 0 Å². The van der Waals surface area contributed by atoms with E-state index in [1.54, 1.807) is 0 Å². The van der Waals surface area contributed by atoms with E-state index in [-0.39, 0.29) is 0 Å². The van der Waals surface area contributed by atoms with Crippen LogP contribution in [0.1, 0.15) is 17.0 Å². The van der Waals surface area contributed by atoms with E-state index in [4.69, 9.17) is 17.3 Å². The summed E-state index contributed by atoms with van der Waals surface area (Å²) in [5.74, 6) is 1.84. The van der Waals surface area contributed by atoms with Gasteiger partial charge in [-0.3, -0.25) is 0 Å². The number of anilines is 3. The van der Waals surface area contributed by atoms with Gasteiger partial charge in [0.1, 0.15) is 17.5 Å². The summed E-state index contributed by atoms with van der Waals surface area (Å²) >= 11 is 6.08. The van der Waals surface area contributed by atoms with E-state index in [0.717, 1.165) is 21.8 Å². The third kappa shape index (κ3) is 2.38. The molecule has 0 atom stereocenters. The van der Waals surface area contributed by atoms with Crippen molar-refractivity contribution in [2.24, 2.45) is 0 Å². The lowest BCUT2D eigenvalue weighted by atomic mass is 10.2. The van der Waals surface area contributed by atoms with E-state index in [9.17, 15) is 0 Å². The van der Waals surface area contributed by atoms with E-state index in [1.165, 1.54) is 0 Å². The average Bonchev–Trinajstić information content (AvgIpc) is 2.31. The Labute approximate surface area is 111 Å². The average molecular weight is 263 g/mol. The van der Waals surface area contributed by atoms with Crippen LogP contribution in [0.5, 0.6) is 0 Å². The lowest BCUT2D eigenvalue weighted by Crippen LogP contribution is -2.05. The Morgan fingerprint density at radius 2 is 1.83 bits per heavy atom. The van der Waals surface area contributed by atoms with Crippen molar-refractivity contribution in [2.75, 3.05) is 11.1 Å². The summed E-state index contributed by atoms with van der Waals surface area (Å²) in [7, 11) is 0. The summed E-state index contributed by atoms with van der Waals surface area (Å²) in [5, 5.41) is 3.97. The molecule has 1 aromatic carbocycles. The fourth-order valence-electron chi connectivity index (χ4n) is 1.64. The highest BCUT2D eigenvalue weighted by molar-refractivity contribution is 6.31. The van der Waals surface area contributed by atoms with Gasteiger partial charge in [0.2, 0.25) is 0 Å². The maximum absolute atomic E-state index is 6.08. The van der Waals surface area contributed by atoms with Crippen LogP contribution >= 0.6 is 11.6 Å². The fourth-order valence-corrected chi connectivity index (χ4v) is 1.82. The van der Waals surface area contributed by atoms with Gasteiger partial charge >= 0.3 is 0 Å². The lowest BCUT2D eigenvalue weighted by Gasteiger charge is -2.13. The molecule has 2 rings (SSSR count). The smallest absolute Gasteiger partial charge is 0.139 e. The van der Waals surface area contributed by atoms with Gasteiger partial charge in [-0.1, -0.05) is 17.7 Å². The molecule has 0 amide bonds. The largest absolute Gasteiger partial charge is 0.383 e. The van der Waals surface area contributed by atoms with Crippen molar-refractivity contribution < 1.29 is 0 Å². The lowest BCUT2D eigenvalue weighted by molar-refractivity contribution is 1.04. The van der Waals surface area contributed by atoms with Gasteiger partial charge in [-0.25, -0.2) is 9.97 Å². The second-order valence-corrected chi connectivity index (χ2v) is 4.57. The Kier molecular flexibility index (Phi) is 3.39. The highest BCUT2D eigenvalue weighted by atomic mass is 35.5. The minimum Gasteiger partial charge on any atom is -0.383 e. The molecule has 4 nitrogen and oxygen atoms in total. The van der Waals surface area contributed by atoms with Crippen molar-refractivity contribution in [2.45, 2.75) is 20.8 Å². The first kappa shape index (κ1) is 12.6. The topological polar surface area (TPSA) is 63.8 Å². The Hall–Kier alpha value is -1.81. The maximum Gasteiger partial charge on any atom is 0.139 e. The number of nitrogens with two attached hydrogens (primary N) is 1. The number of nitrogens with zero attached hydrogens (tertiary/aromatic N) is 2. The molecule has 0 aliphatic heterocycles. The number of nitrogen functional groups attached to an aromatic ring is 1. The van der Waals surface area contributed by atoms with Crippen molar-refractivity contribution in [3.63, 3.8) is 0 Å². The summed E-state index contributed by atoms with van der Waals surface area (Å²) in [6.07, 6.45) is 0. The normalized spacial score (nSPS) is 10.4. The van der Waals surface area contributed by atoms with Crippen LogP contribution in [0, 0.1) is 20.8 Å². The van der Waals surface area contributed by atoms with Crippen LogP contribution in [0.15, 0.2) is 18.2 Å². The fraction of sp³-hybridized carbons (Fsp3) is 0.231. The standard InChI is InChI=1S/C13H15ClN4/c1-7-10(14)5-4-6-11(7)18-13-8(2)12(15)16-9(3)17-13/h4-6H,1-3H3,(H3,15,16,17,18). The van der Waals surface area contributed by atoms with Gasteiger partial charge in [0.15, 0.2) is 0 Å². The van der Waals surface area contributed by atoms with Crippen LogP contribution in [0.2, 0.25) is 5.02 Å². The van der Waals surface area contributed by atoms with Crippen molar-refractivity contribution in [1.29, 1.82) is 0 Å². The number of aromatic nitrogens is 2. The van der Waals surface area contributed by atoms with Gasteiger partial charge in [0.05, 0.1) is 0 Å². The highest BCUT2D eigenvalue weighted by Gasteiger charge is 2.09. The summed E-state index contributed by atoms with van der Waals surface area (Å²) in [5.41, 5.74) is 8.56. The third-order valence-corrected chi connectivity index (χ3v) is 3.23. The molecule has 0 bridgehead atoms. The number of hydrogen-bond donors (Lipinski definition) is 2. The summed E-state index contributed by atoms with van der Waals surface area (Å²) < 4.78 is 0. The Morgan fingerprint density at radius 1 is 1.11 bits per heavy atom. The SMILES string of the molecule is Cc1nc(N)c(C)c(Nc2cccc(Cl)c2C)n1. The molecule has 1 aromatic heterocycles. The molecule has 0 unspecified atom stereocenters. The molecule has 0 spiro atoms. The molecule has 94 valence electrons. The maximum atomic E-state index is 6.08. The highest BCUT2D eigenvalue weighted by Crippen LogP contribution is 2.27. The quantitative estimate of drug-likeness (QED) is 0.871. The third-order valence-electron chi connectivity index (χ3n) is 2.82. The number of hydrogen-bond acceptors (Lipinski definition) is 4. The predicted octanol–water partition coefficient (Wildman–Crippen LogP) is 3.38. The first-order valence-corrected chi connectivity index (χ1v) is 5.99. The number of aryl methyl sites for hydroxylation is 1. The molecular formula is C13H15ClN4. The molecule has 3 N–H and O–H groups in total. The second-order valence-electron chi connectivity index (χ2n) is 4.17. The molecular weight excluding hydrogens is 248 g/mol. The molecule has 18 heavy (non-hydrogen) atoms. The van der Waals surface area contributed by atoms with Gasteiger partial charge in [0, 0.05) is 16.3 Å². The second kappa shape index (κ2) is 4.82. The van der Waals surface area contributed by atoms with Crippen LogP contribution in [0.25, 0.3) is 0 Å². The summed E-state index contributed by atoms with van der Waals surface area (Å²) in [6.45, 7) is 5.65. The van der Waals surface area contributed by atoms with Gasteiger partial charge in [-0.05, 0) is 38.5 Å². The van der Waals surface area contributed by atoms with Crippen LogP contribution in [-0.2, 0) is 0 Å². The zero-order valence-electron chi connectivity index (χ0n) is 10.6. The van der Waals surface area contributed by atoms with E-state index in [1.807, 2.05) is 39.0 Å². The zero-order chi connectivity index (χ0) is 13.3. The number of halogens is 1. The van der Waals surface area contributed by atoms with E-state index in [2.05, 4.69) is 15.3 Å². The molecule has 0 radical (unpaired) electrons. The zero-order valence-corrected chi connectivity index (χ0v) is 11.3. The van der Waals surface area contributed by atoms with Gasteiger partial charge in [0.25, 0.3) is 0 Å². The van der Waals surface area contributed by atoms with Crippen LogP contribution in [0.4, 0.5) is 17.3 Å². The number of benzene rings is 1. The number of nitrogens with one attached hydrogen (secondary N) is 1. The summed E-state index contributed by atoms with van der Waals surface area (Å²) in [4.78, 5) is 8.47. The minimum absolute atomic E-state index is 0.490. The van der Waals surface area contributed by atoms with Crippen molar-refractivity contribution in [1.82, 2.24) is 9.97 Å². The molecule has 0 aliphatic rings. The Balaban J connectivity index is 2.43. The van der Waals surface area contributed by atoms with Crippen LogP contribution in [-0.4, -0.2) is 9.97 Å². The van der Waals surface area contributed by atoms with Gasteiger partial charge in [-0.15, -0.1) is 0 Å². The Morgan fingerprint density at radius 3 is 2.56 bits per heavy atom. The molecule has 0 saturated heterocycles. The van der Waals surface area contributed by atoms with E-state index < -0.39 is 0 Å². The van der Waals surface area contributed by atoms with Gasteiger partial charge in [-0.2, -0.15) is 0 Å². The monoisotopic (exact) mass is 262 g/mol. The van der Waals surface area contributed by atoms with E-state index in [0.29, 0.717) is 17.5 Å². The molecule has 2 aromatic rings. The first-order chi connectivity index (χ1) is 8.49.